The van der Waals surface area contributed by atoms with Crippen molar-refractivity contribution in [2.45, 2.75) is 24.2 Å². The second kappa shape index (κ2) is 9.24. The molecule has 2 N–H and O–H groups in total. The van der Waals surface area contributed by atoms with E-state index in [-0.39, 0.29) is 4.90 Å². The second-order valence-electron chi connectivity index (χ2n) is 7.33. The van der Waals surface area contributed by atoms with Gasteiger partial charge in [-0.2, -0.15) is 4.40 Å². The van der Waals surface area contributed by atoms with Crippen LogP contribution in [0.4, 0.5) is 13.2 Å². The molecule has 3 aromatic rings. The van der Waals surface area contributed by atoms with E-state index in [1.165, 1.54) is 17.0 Å². The summed E-state index contributed by atoms with van der Waals surface area (Å²) in [7, 11) is -3.63. The molecule has 0 atom stereocenters. The van der Waals surface area contributed by atoms with Crippen LogP contribution in [0.3, 0.4) is 0 Å². The van der Waals surface area contributed by atoms with Crippen molar-refractivity contribution >= 4 is 27.8 Å². The number of likely N-dealkylation sites (tertiary alicyclic amines) is 1. The minimum atomic E-state index is -4.86. The molecule has 1 fully saturated rings. The van der Waals surface area contributed by atoms with E-state index >= 15 is 0 Å². The van der Waals surface area contributed by atoms with Gasteiger partial charge in [0.2, 0.25) is 0 Å². The Labute approximate surface area is 189 Å². The van der Waals surface area contributed by atoms with E-state index in [1.807, 2.05) is 11.4 Å². The van der Waals surface area contributed by atoms with Crippen LogP contribution in [0.1, 0.15) is 12.0 Å². The van der Waals surface area contributed by atoms with Crippen LogP contribution in [0.5, 0.6) is 5.75 Å². The van der Waals surface area contributed by atoms with Gasteiger partial charge in [-0.3, -0.25) is 14.0 Å². The van der Waals surface area contributed by atoms with E-state index in [9.17, 15) is 22.3 Å². The van der Waals surface area contributed by atoms with Crippen molar-refractivity contribution in [1.82, 2.24) is 4.90 Å². The Morgan fingerprint density at radius 3 is 2.53 bits per heavy atom. The third-order valence-electron chi connectivity index (χ3n) is 4.90. The molecule has 1 aliphatic rings. The minimum absolute atomic E-state index is 0.116. The maximum Gasteiger partial charge on any atom is 0.573 e. The lowest BCUT2D eigenvalue weighted by Gasteiger charge is -2.28. The highest BCUT2D eigenvalue weighted by Gasteiger charge is 2.31. The molecular formula is C22H21F3N2O3S2. The number of benzene rings is 2. The number of alkyl halides is 3. The summed E-state index contributed by atoms with van der Waals surface area (Å²) in [5.41, 5.74) is 2.90. The quantitative estimate of drug-likeness (QED) is 0.411. The zero-order valence-corrected chi connectivity index (χ0v) is 18.5. The topological polar surface area (TPSA) is 65.3 Å². The van der Waals surface area contributed by atoms with Gasteiger partial charge in [0.05, 0.1) is 10.6 Å². The molecule has 5 nitrogen and oxygen atoms in total. The first-order valence-corrected chi connectivity index (χ1v) is 12.1. The summed E-state index contributed by atoms with van der Waals surface area (Å²) in [6.07, 6.45) is -4.30. The monoisotopic (exact) mass is 482 g/mol. The Bertz CT molecular complexity index is 1080. The van der Waals surface area contributed by atoms with E-state index in [0.29, 0.717) is 31.8 Å². The molecule has 0 aliphatic carbocycles. The molecule has 170 valence electrons. The normalized spacial score (nSPS) is 17.1. The Balaban J connectivity index is 1.40. The summed E-state index contributed by atoms with van der Waals surface area (Å²) < 4.78 is 66.2. The third kappa shape index (κ3) is 5.90. The third-order valence-corrected chi connectivity index (χ3v) is 7.22. The molecule has 0 saturated carbocycles. The number of nitrogens with zero attached hydrogens (tertiary/aromatic N) is 2. The minimum Gasteiger partial charge on any atom is -0.406 e. The lowest BCUT2D eigenvalue weighted by molar-refractivity contribution is -0.274. The fraction of sp³-hybridized carbons (Fsp3) is 0.227. The SMILES string of the molecule is OS(O)(N=C1CCN(Cc2ccc(-c3cccs3)cc2)C1)c1cccc(OC(F)(F)F)c1. The summed E-state index contributed by atoms with van der Waals surface area (Å²) in [6, 6.07) is 17.0. The fourth-order valence-corrected chi connectivity index (χ4v) is 5.35. The highest BCUT2D eigenvalue weighted by Crippen LogP contribution is 2.51. The number of rotatable bonds is 6. The molecule has 1 saturated heterocycles. The molecule has 1 aliphatic heterocycles. The first-order valence-electron chi connectivity index (χ1n) is 9.75. The number of hydrogen-bond acceptors (Lipinski definition) is 6. The highest BCUT2D eigenvalue weighted by atomic mass is 32.3. The summed E-state index contributed by atoms with van der Waals surface area (Å²) in [5.74, 6) is -0.519. The van der Waals surface area contributed by atoms with Gasteiger partial charge in [0, 0.05) is 37.0 Å². The van der Waals surface area contributed by atoms with Crippen LogP contribution in [0.2, 0.25) is 0 Å². The van der Waals surface area contributed by atoms with Crippen LogP contribution in [-0.4, -0.2) is 39.2 Å². The van der Waals surface area contributed by atoms with Crippen LogP contribution < -0.4 is 4.74 Å². The van der Waals surface area contributed by atoms with Gasteiger partial charge < -0.3 is 4.74 Å². The average molecular weight is 483 g/mol. The van der Waals surface area contributed by atoms with Crippen LogP contribution in [0.25, 0.3) is 10.4 Å². The second-order valence-corrected chi connectivity index (χ2v) is 9.97. The van der Waals surface area contributed by atoms with E-state index < -0.39 is 22.9 Å². The smallest absolute Gasteiger partial charge is 0.406 e. The van der Waals surface area contributed by atoms with Crippen molar-refractivity contribution in [3.63, 3.8) is 0 Å². The Kier molecular flexibility index (Phi) is 6.59. The summed E-state index contributed by atoms with van der Waals surface area (Å²) >= 11 is 1.69. The molecule has 0 spiro atoms. The molecule has 0 unspecified atom stereocenters. The van der Waals surface area contributed by atoms with Gasteiger partial charge in [-0.1, -0.05) is 47.2 Å². The van der Waals surface area contributed by atoms with Crippen molar-refractivity contribution in [2.75, 3.05) is 13.1 Å². The molecule has 1 aromatic heterocycles. The van der Waals surface area contributed by atoms with E-state index in [1.54, 1.807) is 11.3 Å². The molecule has 0 bridgehead atoms. The zero-order valence-electron chi connectivity index (χ0n) is 16.8. The number of thiophene rings is 1. The maximum atomic E-state index is 12.4. The van der Waals surface area contributed by atoms with Crippen LogP contribution >= 0.6 is 22.1 Å². The van der Waals surface area contributed by atoms with Gasteiger partial charge in [-0.25, -0.2) is 0 Å². The summed E-state index contributed by atoms with van der Waals surface area (Å²) in [5, 5.41) is 2.04. The molecular weight excluding hydrogens is 461 g/mol. The van der Waals surface area contributed by atoms with Crippen molar-refractivity contribution in [3.8, 4) is 16.2 Å². The molecule has 2 heterocycles. The lowest BCUT2D eigenvalue weighted by atomic mass is 10.1. The van der Waals surface area contributed by atoms with Crippen LogP contribution in [0.15, 0.2) is 75.3 Å². The van der Waals surface area contributed by atoms with Gasteiger partial charge in [0.25, 0.3) is 0 Å². The van der Waals surface area contributed by atoms with E-state index in [4.69, 9.17) is 0 Å². The van der Waals surface area contributed by atoms with Gasteiger partial charge >= 0.3 is 6.36 Å². The van der Waals surface area contributed by atoms with Gasteiger partial charge in [-0.05, 0) is 34.7 Å². The molecule has 2 aromatic carbocycles. The lowest BCUT2D eigenvalue weighted by Crippen LogP contribution is -2.20. The number of halogens is 3. The average Bonchev–Trinajstić information content (AvgIpc) is 3.40. The van der Waals surface area contributed by atoms with E-state index in [0.717, 1.165) is 23.3 Å². The molecule has 4 rings (SSSR count). The fourth-order valence-electron chi connectivity index (χ4n) is 3.46. The van der Waals surface area contributed by atoms with Crippen LogP contribution in [-0.2, 0) is 6.54 Å². The van der Waals surface area contributed by atoms with Gasteiger partial charge in [-0.15, -0.1) is 24.5 Å². The Hall–Kier alpha value is -2.37. The first-order chi connectivity index (χ1) is 15.2. The Morgan fingerprint density at radius 1 is 1.06 bits per heavy atom. The predicted molar refractivity (Wildman–Crippen MR) is 121 cm³/mol. The van der Waals surface area contributed by atoms with Crippen molar-refractivity contribution in [1.29, 1.82) is 0 Å². The standard InChI is InChI=1S/C22H21F3N2O3S2/c23-22(24,25)30-19-3-1-4-20(13-19)32(28,29)26-18-10-11-27(15-18)14-16-6-8-17(9-7-16)21-5-2-12-31-21/h1-9,12-13,28-29H,10-11,14-15H2. The van der Waals surface area contributed by atoms with Gasteiger partial charge in [0.1, 0.15) is 5.75 Å². The maximum absolute atomic E-state index is 12.4. The molecule has 0 radical (unpaired) electrons. The predicted octanol–water partition coefficient (Wildman–Crippen LogP) is 6.69. The van der Waals surface area contributed by atoms with Gasteiger partial charge in [0.15, 0.2) is 0 Å². The number of ether oxygens (including phenoxy) is 1. The van der Waals surface area contributed by atoms with E-state index in [2.05, 4.69) is 44.4 Å². The molecule has 10 heteroatoms. The Morgan fingerprint density at radius 2 is 1.84 bits per heavy atom. The molecule has 32 heavy (non-hydrogen) atoms. The van der Waals surface area contributed by atoms with Crippen molar-refractivity contribution in [2.24, 2.45) is 4.40 Å². The van der Waals surface area contributed by atoms with Crippen LogP contribution in [0, 0.1) is 0 Å². The van der Waals surface area contributed by atoms with Crippen molar-refractivity contribution < 1.29 is 27.0 Å². The highest BCUT2D eigenvalue weighted by molar-refractivity contribution is 8.23. The zero-order chi connectivity index (χ0) is 22.8. The summed E-state index contributed by atoms with van der Waals surface area (Å²) in [4.78, 5) is 3.23. The number of hydrogen-bond donors (Lipinski definition) is 2. The summed E-state index contributed by atoms with van der Waals surface area (Å²) in [6.45, 7) is 1.86. The van der Waals surface area contributed by atoms with Crippen molar-refractivity contribution in [3.05, 3.63) is 71.6 Å². The largest absolute Gasteiger partial charge is 0.573 e. The first kappa shape index (κ1) is 22.8. The molecule has 0 amide bonds.